The van der Waals surface area contributed by atoms with Gasteiger partial charge in [-0.15, -0.1) is 0 Å². The summed E-state index contributed by atoms with van der Waals surface area (Å²) in [6.45, 7) is -0.401. The van der Waals surface area contributed by atoms with Crippen molar-refractivity contribution in [2.45, 2.75) is 43.4 Å². The van der Waals surface area contributed by atoms with Gasteiger partial charge in [0.2, 0.25) is 5.95 Å². The number of nitrogens with one attached hydrogen (secondary N) is 1. The van der Waals surface area contributed by atoms with Crippen LogP contribution in [0.3, 0.4) is 0 Å². The number of aromatic nitrogens is 4. The molecule has 0 bridgehead atoms. The molecule has 1 aliphatic carbocycles. The average molecular weight is 351 g/mol. The van der Waals surface area contributed by atoms with Crippen LogP contribution in [0.5, 0.6) is 0 Å². The van der Waals surface area contributed by atoms with Crippen LogP contribution < -0.4 is 16.2 Å². The number of nitrogens with two attached hydrogens (primary N) is 1. The molecule has 0 amide bonds. The molecule has 4 rings (SSSR count). The predicted octanol–water partition coefficient (Wildman–Crippen LogP) is -1.68. The first kappa shape index (κ1) is 16.4. The van der Waals surface area contributed by atoms with Gasteiger partial charge in [0, 0.05) is 13.1 Å². The number of ether oxygens (including phenoxy) is 1. The minimum atomic E-state index is -1.22. The molecule has 0 aromatic carbocycles. The Bertz CT molecular complexity index is 780. The standard InChI is InChI=1S/C14H21N7O4/c1-20(6-2-3-6)11-8-12(18-14(17-11)19-15)21(5-16-8)13-10(24)9(23)7(4-22)25-13/h5-7,9-10,13,22-24H,2-4,15H2,1H3,(H,17,18,19)/t7-,9-,10-,13-/m1/s1. The third-order valence-corrected chi connectivity index (χ3v) is 4.75. The van der Waals surface area contributed by atoms with E-state index in [1.807, 2.05) is 11.9 Å². The van der Waals surface area contributed by atoms with E-state index in [4.69, 9.17) is 10.6 Å². The fourth-order valence-electron chi connectivity index (χ4n) is 3.14. The number of hydrogen-bond acceptors (Lipinski definition) is 10. The van der Waals surface area contributed by atoms with Crippen molar-refractivity contribution in [3.05, 3.63) is 6.33 Å². The summed E-state index contributed by atoms with van der Waals surface area (Å²) in [5.74, 6) is 6.33. The van der Waals surface area contributed by atoms with Crippen LogP contribution in [0, 0.1) is 0 Å². The van der Waals surface area contributed by atoms with Crippen LogP contribution in [0.2, 0.25) is 0 Å². The van der Waals surface area contributed by atoms with Gasteiger partial charge in [-0.1, -0.05) is 0 Å². The summed E-state index contributed by atoms with van der Waals surface area (Å²) in [5, 5.41) is 29.5. The summed E-state index contributed by atoms with van der Waals surface area (Å²) in [6.07, 6.45) is -0.564. The number of aliphatic hydroxyl groups is 3. The van der Waals surface area contributed by atoms with Crippen LogP contribution in [0.15, 0.2) is 6.33 Å². The van der Waals surface area contributed by atoms with E-state index < -0.39 is 31.1 Å². The summed E-state index contributed by atoms with van der Waals surface area (Å²) >= 11 is 0. The molecule has 136 valence electrons. The Kier molecular flexibility index (Phi) is 3.96. The molecular weight excluding hydrogens is 330 g/mol. The molecule has 1 saturated carbocycles. The van der Waals surface area contributed by atoms with Gasteiger partial charge >= 0.3 is 0 Å². The normalized spacial score (nSPS) is 29.3. The molecule has 4 atom stereocenters. The fraction of sp³-hybridized carbons (Fsp3) is 0.643. The van der Waals surface area contributed by atoms with Gasteiger partial charge in [0.15, 0.2) is 23.2 Å². The first-order valence-electron chi connectivity index (χ1n) is 8.11. The van der Waals surface area contributed by atoms with Crippen molar-refractivity contribution in [2.24, 2.45) is 5.84 Å². The first-order chi connectivity index (χ1) is 12.0. The van der Waals surface area contributed by atoms with Crippen molar-refractivity contribution >= 4 is 22.9 Å². The van der Waals surface area contributed by atoms with Crippen LogP contribution >= 0.6 is 0 Å². The highest BCUT2D eigenvalue weighted by Gasteiger charge is 2.44. The van der Waals surface area contributed by atoms with Crippen LogP contribution in [-0.2, 0) is 4.74 Å². The van der Waals surface area contributed by atoms with Gasteiger partial charge in [-0.3, -0.25) is 9.99 Å². The lowest BCUT2D eigenvalue weighted by molar-refractivity contribution is -0.0511. The molecule has 1 saturated heterocycles. The molecule has 11 nitrogen and oxygen atoms in total. The van der Waals surface area contributed by atoms with E-state index in [1.54, 1.807) is 0 Å². The number of fused-ring (bicyclic) bond motifs is 1. The fourth-order valence-corrected chi connectivity index (χ4v) is 3.14. The Labute approximate surface area is 143 Å². The van der Waals surface area contributed by atoms with Crippen LogP contribution in [0.4, 0.5) is 11.8 Å². The largest absolute Gasteiger partial charge is 0.394 e. The lowest BCUT2D eigenvalue weighted by Crippen LogP contribution is -2.33. The molecule has 3 heterocycles. The minimum absolute atomic E-state index is 0.212. The van der Waals surface area contributed by atoms with Crippen molar-refractivity contribution < 1.29 is 20.1 Å². The van der Waals surface area contributed by atoms with Crippen molar-refractivity contribution in [1.29, 1.82) is 0 Å². The van der Waals surface area contributed by atoms with E-state index in [0.29, 0.717) is 23.0 Å². The number of anilines is 2. The summed E-state index contributed by atoms with van der Waals surface area (Å²) < 4.78 is 7.09. The van der Waals surface area contributed by atoms with Gasteiger partial charge in [-0.25, -0.2) is 10.8 Å². The second kappa shape index (κ2) is 6.04. The minimum Gasteiger partial charge on any atom is -0.394 e. The van der Waals surface area contributed by atoms with Gasteiger partial charge in [-0.05, 0) is 12.8 Å². The van der Waals surface area contributed by atoms with E-state index in [0.717, 1.165) is 12.8 Å². The maximum Gasteiger partial charge on any atom is 0.241 e. The molecule has 0 spiro atoms. The second-order valence-corrected chi connectivity index (χ2v) is 6.41. The summed E-state index contributed by atoms with van der Waals surface area (Å²) in [5.41, 5.74) is 3.40. The van der Waals surface area contributed by atoms with Crippen molar-refractivity contribution in [3.8, 4) is 0 Å². The SMILES string of the molecule is CN(c1nc(NN)nc2c1ncn2[C@@H]1O[C@H](CO)[C@@H](O)[C@H]1O)C1CC1. The van der Waals surface area contributed by atoms with E-state index >= 15 is 0 Å². The maximum atomic E-state index is 10.3. The van der Waals surface area contributed by atoms with Crippen LogP contribution in [-0.4, -0.2) is 72.8 Å². The molecule has 2 fully saturated rings. The Morgan fingerprint density at radius 3 is 2.72 bits per heavy atom. The molecule has 0 unspecified atom stereocenters. The highest BCUT2D eigenvalue weighted by molar-refractivity contribution is 5.85. The first-order valence-corrected chi connectivity index (χ1v) is 8.11. The summed E-state index contributed by atoms with van der Waals surface area (Å²) in [4.78, 5) is 15.1. The average Bonchev–Trinajstić information content (AvgIpc) is 3.34. The highest BCUT2D eigenvalue weighted by atomic mass is 16.6. The molecule has 2 aromatic heterocycles. The van der Waals surface area contributed by atoms with Gasteiger partial charge < -0.3 is 25.0 Å². The van der Waals surface area contributed by atoms with Gasteiger partial charge in [0.1, 0.15) is 18.3 Å². The predicted molar refractivity (Wildman–Crippen MR) is 87.6 cm³/mol. The monoisotopic (exact) mass is 351 g/mol. The third kappa shape index (κ3) is 2.60. The summed E-state index contributed by atoms with van der Waals surface area (Å²) in [6, 6.07) is 0.405. The second-order valence-electron chi connectivity index (χ2n) is 6.41. The number of nitrogens with zero attached hydrogens (tertiary/aromatic N) is 5. The molecule has 25 heavy (non-hydrogen) atoms. The smallest absolute Gasteiger partial charge is 0.241 e. The molecule has 2 aromatic rings. The summed E-state index contributed by atoms with van der Waals surface area (Å²) in [7, 11) is 1.94. The zero-order valence-electron chi connectivity index (χ0n) is 13.6. The molecular formula is C14H21N7O4. The van der Waals surface area contributed by atoms with Gasteiger partial charge in [0.25, 0.3) is 0 Å². The number of nitrogen functional groups attached to an aromatic ring is 1. The Morgan fingerprint density at radius 2 is 2.12 bits per heavy atom. The molecule has 2 aliphatic rings. The third-order valence-electron chi connectivity index (χ3n) is 4.75. The highest BCUT2D eigenvalue weighted by Crippen LogP contribution is 2.36. The Balaban J connectivity index is 1.79. The topological polar surface area (TPSA) is 155 Å². The van der Waals surface area contributed by atoms with Crippen molar-refractivity contribution in [2.75, 3.05) is 24.0 Å². The Morgan fingerprint density at radius 1 is 1.36 bits per heavy atom. The van der Waals surface area contributed by atoms with Crippen LogP contribution in [0.25, 0.3) is 11.2 Å². The van der Waals surface area contributed by atoms with E-state index in [9.17, 15) is 15.3 Å². The Hall–Kier alpha value is -2.05. The van der Waals surface area contributed by atoms with E-state index in [2.05, 4.69) is 20.4 Å². The van der Waals surface area contributed by atoms with Crippen molar-refractivity contribution in [1.82, 2.24) is 19.5 Å². The molecule has 0 radical (unpaired) electrons. The van der Waals surface area contributed by atoms with Crippen LogP contribution in [0.1, 0.15) is 19.1 Å². The van der Waals surface area contributed by atoms with E-state index in [1.165, 1.54) is 10.9 Å². The lowest BCUT2D eigenvalue weighted by atomic mass is 10.1. The quantitative estimate of drug-likeness (QED) is 0.312. The number of rotatable bonds is 5. The number of hydrazine groups is 1. The number of hydrogen-bond donors (Lipinski definition) is 5. The number of imidazole rings is 1. The van der Waals surface area contributed by atoms with Crippen molar-refractivity contribution in [3.63, 3.8) is 0 Å². The molecule has 6 N–H and O–H groups in total. The molecule has 1 aliphatic heterocycles. The molecule has 11 heteroatoms. The zero-order chi connectivity index (χ0) is 17.7. The lowest BCUT2D eigenvalue weighted by Gasteiger charge is -2.19. The maximum absolute atomic E-state index is 10.3. The van der Waals surface area contributed by atoms with Gasteiger partial charge in [-0.2, -0.15) is 9.97 Å². The number of aliphatic hydroxyl groups excluding tert-OH is 3. The zero-order valence-corrected chi connectivity index (χ0v) is 13.6. The van der Waals surface area contributed by atoms with E-state index in [-0.39, 0.29) is 5.95 Å². The van der Waals surface area contributed by atoms with Gasteiger partial charge in [0.05, 0.1) is 12.9 Å².